The first-order valence-corrected chi connectivity index (χ1v) is 12.3. The van der Waals surface area contributed by atoms with Crippen LogP contribution in [0, 0.1) is 6.92 Å². The van der Waals surface area contributed by atoms with Gasteiger partial charge in [0, 0.05) is 44.8 Å². The SMILES string of the molecule is Cc1ccc(-c2ccc(N3CCCN(C(=O)CN(CCN(C)C)C(=O)c4ccco4)CC3)nn2)cc1. The highest BCUT2D eigenvalue weighted by Gasteiger charge is 2.25. The number of aryl methyl sites for hydroxylation is 1. The van der Waals surface area contributed by atoms with Crippen molar-refractivity contribution in [3.63, 3.8) is 0 Å². The van der Waals surface area contributed by atoms with Gasteiger partial charge < -0.3 is 24.0 Å². The van der Waals surface area contributed by atoms with Crippen LogP contribution in [0.25, 0.3) is 11.3 Å². The molecule has 0 unspecified atom stereocenters. The van der Waals surface area contributed by atoms with Crippen LogP contribution in [-0.4, -0.2) is 96.6 Å². The monoisotopic (exact) mass is 490 g/mol. The number of hydrogen-bond acceptors (Lipinski definition) is 7. The highest BCUT2D eigenvalue weighted by Crippen LogP contribution is 2.20. The molecule has 0 bridgehead atoms. The van der Waals surface area contributed by atoms with Gasteiger partial charge in [-0.15, -0.1) is 10.2 Å². The lowest BCUT2D eigenvalue weighted by atomic mass is 10.1. The number of carbonyl (C=O) groups excluding carboxylic acids is 2. The van der Waals surface area contributed by atoms with Crippen LogP contribution in [0.3, 0.4) is 0 Å². The van der Waals surface area contributed by atoms with E-state index in [0.717, 1.165) is 30.0 Å². The molecule has 3 aromatic rings. The number of rotatable bonds is 8. The highest BCUT2D eigenvalue weighted by molar-refractivity contribution is 5.94. The van der Waals surface area contributed by atoms with Crippen LogP contribution < -0.4 is 4.90 Å². The van der Waals surface area contributed by atoms with Gasteiger partial charge in [-0.05, 0) is 51.7 Å². The summed E-state index contributed by atoms with van der Waals surface area (Å²) in [6, 6.07) is 15.5. The van der Waals surface area contributed by atoms with E-state index in [4.69, 9.17) is 4.42 Å². The molecular weight excluding hydrogens is 456 g/mol. The molecular formula is C27H34N6O3. The Kier molecular flexibility index (Phi) is 8.32. The van der Waals surface area contributed by atoms with E-state index >= 15 is 0 Å². The number of carbonyl (C=O) groups is 2. The largest absolute Gasteiger partial charge is 0.459 e. The summed E-state index contributed by atoms with van der Waals surface area (Å²) in [6.07, 6.45) is 2.29. The molecule has 36 heavy (non-hydrogen) atoms. The molecule has 4 rings (SSSR count). The fraction of sp³-hybridized carbons (Fsp3) is 0.407. The predicted octanol–water partition coefficient (Wildman–Crippen LogP) is 2.79. The zero-order valence-electron chi connectivity index (χ0n) is 21.3. The molecule has 1 saturated heterocycles. The summed E-state index contributed by atoms with van der Waals surface area (Å²) in [7, 11) is 3.88. The minimum absolute atomic E-state index is 0.0262. The van der Waals surface area contributed by atoms with E-state index in [-0.39, 0.29) is 24.1 Å². The van der Waals surface area contributed by atoms with Gasteiger partial charge in [-0.2, -0.15) is 0 Å². The minimum Gasteiger partial charge on any atom is -0.459 e. The van der Waals surface area contributed by atoms with Gasteiger partial charge in [-0.1, -0.05) is 29.8 Å². The van der Waals surface area contributed by atoms with Gasteiger partial charge in [0.15, 0.2) is 11.6 Å². The third-order valence-corrected chi connectivity index (χ3v) is 6.33. The summed E-state index contributed by atoms with van der Waals surface area (Å²) in [6.45, 7) is 5.85. The van der Waals surface area contributed by atoms with Crippen molar-refractivity contribution in [3.8, 4) is 11.3 Å². The third-order valence-electron chi connectivity index (χ3n) is 6.33. The van der Waals surface area contributed by atoms with Crippen LogP contribution in [0.15, 0.2) is 59.2 Å². The van der Waals surface area contributed by atoms with Crippen molar-refractivity contribution in [1.82, 2.24) is 24.9 Å². The number of likely N-dealkylation sites (N-methyl/N-ethyl adjacent to an activating group) is 1. The van der Waals surface area contributed by atoms with Gasteiger partial charge in [0.25, 0.3) is 5.91 Å². The number of anilines is 1. The Morgan fingerprint density at radius 3 is 2.42 bits per heavy atom. The summed E-state index contributed by atoms with van der Waals surface area (Å²) in [5, 5.41) is 8.89. The van der Waals surface area contributed by atoms with Gasteiger partial charge in [0.2, 0.25) is 5.91 Å². The summed E-state index contributed by atoms with van der Waals surface area (Å²) < 4.78 is 5.29. The normalized spacial score (nSPS) is 14.1. The maximum atomic E-state index is 13.2. The number of furan rings is 1. The zero-order chi connectivity index (χ0) is 25.5. The van der Waals surface area contributed by atoms with Gasteiger partial charge in [-0.25, -0.2) is 0 Å². The summed E-state index contributed by atoms with van der Waals surface area (Å²) in [5.41, 5.74) is 3.08. The molecule has 0 aliphatic carbocycles. The lowest BCUT2D eigenvalue weighted by molar-refractivity contribution is -0.131. The molecule has 0 spiro atoms. The van der Waals surface area contributed by atoms with E-state index in [1.165, 1.54) is 11.8 Å². The molecule has 0 N–H and O–H groups in total. The van der Waals surface area contributed by atoms with Crippen molar-refractivity contribution in [1.29, 1.82) is 0 Å². The Balaban J connectivity index is 1.36. The average Bonchev–Trinajstić information content (AvgIpc) is 3.31. The van der Waals surface area contributed by atoms with Crippen molar-refractivity contribution in [2.45, 2.75) is 13.3 Å². The van der Waals surface area contributed by atoms with Crippen molar-refractivity contribution >= 4 is 17.6 Å². The van der Waals surface area contributed by atoms with Crippen molar-refractivity contribution in [3.05, 3.63) is 66.1 Å². The van der Waals surface area contributed by atoms with Crippen molar-refractivity contribution in [2.24, 2.45) is 0 Å². The molecule has 2 amide bonds. The minimum atomic E-state index is -0.268. The number of nitrogens with zero attached hydrogens (tertiary/aromatic N) is 6. The molecule has 1 fully saturated rings. The second-order valence-corrected chi connectivity index (χ2v) is 9.37. The lowest BCUT2D eigenvalue weighted by Gasteiger charge is -2.27. The molecule has 0 saturated carbocycles. The molecule has 9 nitrogen and oxygen atoms in total. The van der Waals surface area contributed by atoms with Gasteiger partial charge in [0.1, 0.15) is 6.54 Å². The van der Waals surface area contributed by atoms with Crippen LogP contribution in [0.4, 0.5) is 5.82 Å². The first-order chi connectivity index (χ1) is 17.4. The predicted molar refractivity (Wildman–Crippen MR) is 139 cm³/mol. The van der Waals surface area contributed by atoms with Crippen LogP contribution in [-0.2, 0) is 4.79 Å². The molecule has 1 aliphatic rings. The number of aromatic nitrogens is 2. The highest BCUT2D eigenvalue weighted by atomic mass is 16.3. The smallest absolute Gasteiger partial charge is 0.290 e. The first kappa shape index (κ1) is 25.4. The van der Waals surface area contributed by atoms with Gasteiger partial charge >= 0.3 is 0 Å². The Labute approximate surface area is 212 Å². The summed E-state index contributed by atoms with van der Waals surface area (Å²) in [4.78, 5) is 33.7. The van der Waals surface area contributed by atoms with E-state index in [1.54, 1.807) is 17.0 Å². The van der Waals surface area contributed by atoms with Gasteiger partial charge in [0.05, 0.1) is 12.0 Å². The fourth-order valence-corrected chi connectivity index (χ4v) is 4.16. The average molecular weight is 491 g/mol. The van der Waals surface area contributed by atoms with Gasteiger partial charge in [-0.3, -0.25) is 9.59 Å². The molecule has 1 aliphatic heterocycles. The van der Waals surface area contributed by atoms with Crippen LogP contribution in [0.2, 0.25) is 0 Å². The first-order valence-electron chi connectivity index (χ1n) is 12.3. The second-order valence-electron chi connectivity index (χ2n) is 9.37. The number of amides is 2. The topological polar surface area (TPSA) is 86.0 Å². The van der Waals surface area contributed by atoms with E-state index in [0.29, 0.717) is 32.7 Å². The lowest BCUT2D eigenvalue weighted by Crippen LogP contribution is -2.46. The standard InChI is InChI=1S/C27H34N6O3/c1-21-7-9-22(10-8-21)23-11-12-25(29-28-23)31-13-5-14-32(18-17-31)26(34)20-33(16-15-30(2)3)27(35)24-6-4-19-36-24/h4,6-12,19H,5,13-18,20H2,1-3H3. The summed E-state index contributed by atoms with van der Waals surface area (Å²) in [5.74, 6) is 0.726. The van der Waals surface area contributed by atoms with E-state index < -0.39 is 0 Å². The Morgan fingerprint density at radius 2 is 1.75 bits per heavy atom. The molecule has 2 aromatic heterocycles. The third kappa shape index (κ3) is 6.48. The number of hydrogen-bond donors (Lipinski definition) is 0. The van der Waals surface area contributed by atoms with Crippen molar-refractivity contribution in [2.75, 3.05) is 64.8 Å². The molecule has 1 aromatic carbocycles. The molecule has 9 heteroatoms. The molecule has 0 atom stereocenters. The van der Waals surface area contributed by atoms with Crippen molar-refractivity contribution < 1.29 is 14.0 Å². The van der Waals surface area contributed by atoms with E-state index in [1.807, 2.05) is 48.2 Å². The Hall–Kier alpha value is -3.72. The van der Waals surface area contributed by atoms with E-state index in [2.05, 4.69) is 34.2 Å². The molecule has 0 radical (unpaired) electrons. The van der Waals surface area contributed by atoms with E-state index in [9.17, 15) is 9.59 Å². The Morgan fingerprint density at radius 1 is 0.944 bits per heavy atom. The van der Waals surface area contributed by atoms with Crippen LogP contribution >= 0.6 is 0 Å². The van der Waals surface area contributed by atoms with Crippen LogP contribution in [0.1, 0.15) is 22.5 Å². The zero-order valence-corrected chi connectivity index (χ0v) is 21.3. The maximum Gasteiger partial charge on any atom is 0.290 e. The summed E-state index contributed by atoms with van der Waals surface area (Å²) >= 11 is 0. The quantitative estimate of drug-likeness (QED) is 0.480. The maximum absolute atomic E-state index is 13.2. The fourth-order valence-electron chi connectivity index (χ4n) is 4.16. The van der Waals surface area contributed by atoms with Crippen LogP contribution in [0.5, 0.6) is 0 Å². The molecule has 3 heterocycles. The Bertz CT molecular complexity index is 1130. The molecule has 190 valence electrons. The second kappa shape index (κ2) is 11.8. The number of benzene rings is 1.